The molecule has 2 heterocycles. The first-order chi connectivity index (χ1) is 13.7. The number of carbonyl (C=O) groups excluding carboxylic acids is 1. The summed E-state index contributed by atoms with van der Waals surface area (Å²) >= 11 is 1.31. The van der Waals surface area contributed by atoms with Crippen molar-refractivity contribution in [2.75, 3.05) is 6.26 Å². The molecule has 2 aromatic heterocycles. The average Bonchev–Trinajstić information content (AvgIpc) is 3.12. The van der Waals surface area contributed by atoms with Crippen molar-refractivity contribution < 1.29 is 14.1 Å². The van der Waals surface area contributed by atoms with E-state index in [1.165, 1.54) is 11.8 Å². The summed E-state index contributed by atoms with van der Waals surface area (Å²) in [7, 11) is 0. The van der Waals surface area contributed by atoms with Crippen LogP contribution in [-0.2, 0) is 10.3 Å². The van der Waals surface area contributed by atoms with Gasteiger partial charge in [-0.05, 0) is 57.7 Å². The van der Waals surface area contributed by atoms with Crippen LogP contribution in [0.1, 0.15) is 36.2 Å². The molecule has 3 aromatic rings. The van der Waals surface area contributed by atoms with Crippen molar-refractivity contribution in [1.29, 1.82) is 0 Å². The molecule has 0 fully saturated rings. The molecular formula is C22H23N3O3S. The van der Waals surface area contributed by atoms with E-state index in [9.17, 15) is 4.79 Å². The Hall–Kier alpha value is -2.98. The lowest BCUT2D eigenvalue weighted by atomic mass is 9.97. The molecule has 0 spiro atoms. The zero-order valence-corrected chi connectivity index (χ0v) is 17.9. The lowest BCUT2D eigenvalue weighted by Crippen LogP contribution is -2.47. The summed E-state index contributed by atoms with van der Waals surface area (Å²) in [6.45, 7) is 7.58. The van der Waals surface area contributed by atoms with Crippen LogP contribution in [0.2, 0.25) is 0 Å². The van der Waals surface area contributed by atoms with Crippen LogP contribution < -0.4 is 10.1 Å². The molecule has 3 rings (SSSR count). The van der Waals surface area contributed by atoms with Gasteiger partial charge in [-0.2, -0.15) is 0 Å². The Morgan fingerprint density at radius 1 is 1.31 bits per heavy atom. The molecule has 0 bridgehead atoms. The fraction of sp³-hybridized carbons (Fsp3) is 0.318. The van der Waals surface area contributed by atoms with Crippen LogP contribution in [0.15, 0.2) is 35.2 Å². The first-order valence-corrected chi connectivity index (χ1v) is 10.3. The van der Waals surface area contributed by atoms with Crippen LogP contribution in [0.3, 0.4) is 0 Å². The van der Waals surface area contributed by atoms with Gasteiger partial charge in [0, 0.05) is 22.7 Å². The average molecular weight is 410 g/mol. The van der Waals surface area contributed by atoms with Crippen molar-refractivity contribution in [3.63, 3.8) is 0 Å². The topological polar surface area (TPSA) is 77.2 Å². The number of hydrogen-bond acceptors (Lipinski definition) is 6. The minimum atomic E-state index is -0.734. The monoisotopic (exact) mass is 409 g/mol. The number of nitrogens with zero attached hydrogens (tertiary/aromatic N) is 2. The third-order valence-corrected chi connectivity index (χ3v) is 5.30. The molecule has 1 atom stereocenters. The Bertz CT molecular complexity index is 1100. The second-order valence-corrected chi connectivity index (χ2v) is 8.23. The lowest BCUT2D eigenvalue weighted by Gasteiger charge is -2.27. The molecule has 0 aliphatic heterocycles. The van der Waals surface area contributed by atoms with Gasteiger partial charge < -0.3 is 14.6 Å². The highest BCUT2D eigenvalue weighted by Crippen LogP contribution is 2.27. The number of benzene rings is 1. The van der Waals surface area contributed by atoms with Crippen molar-refractivity contribution in [2.24, 2.45) is 0 Å². The van der Waals surface area contributed by atoms with E-state index in [1.54, 1.807) is 12.5 Å². The quantitative estimate of drug-likeness (QED) is 0.491. The number of aromatic nitrogens is 2. The van der Waals surface area contributed by atoms with Gasteiger partial charge in [0.1, 0.15) is 17.7 Å². The number of thioether (sulfide) groups is 1. The molecule has 0 saturated carbocycles. The maximum atomic E-state index is 12.9. The van der Waals surface area contributed by atoms with E-state index in [2.05, 4.69) is 21.4 Å². The summed E-state index contributed by atoms with van der Waals surface area (Å²) in [5.74, 6) is 2.91. The number of hydrogen-bond donors (Lipinski definition) is 1. The van der Waals surface area contributed by atoms with Gasteiger partial charge in [0.25, 0.3) is 5.91 Å². The summed E-state index contributed by atoms with van der Waals surface area (Å²) in [4.78, 5) is 17.3. The minimum Gasteiger partial charge on any atom is -0.470 e. The number of fused-ring (bicyclic) bond motifs is 1. The van der Waals surface area contributed by atoms with E-state index in [0.29, 0.717) is 17.0 Å². The summed E-state index contributed by atoms with van der Waals surface area (Å²) in [5, 5.41) is 7.88. The molecular weight excluding hydrogens is 386 g/mol. The molecule has 7 heteroatoms. The first-order valence-electron chi connectivity index (χ1n) is 9.05. The molecule has 0 radical (unpaired) electrons. The van der Waals surface area contributed by atoms with E-state index in [4.69, 9.17) is 15.7 Å². The van der Waals surface area contributed by atoms with Gasteiger partial charge in [-0.15, -0.1) is 18.2 Å². The van der Waals surface area contributed by atoms with Gasteiger partial charge in [-0.1, -0.05) is 11.1 Å². The van der Waals surface area contributed by atoms with E-state index >= 15 is 0 Å². The standard InChI is InChI=1S/C22H23N3O3S/c1-7-15-9-16-10-17(8-13(2)18(16)23-11-15)28-21(29-6)20(26)24-22(4,5)19-14(3)12-27-25-19/h1,8-12,21H,2-6H3,(H,24,26). The highest BCUT2D eigenvalue weighted by atomic mass is 32.2. The molecule has 6 nitrogen and oxygen atoms in total. The number of amides is 1. The van der Waals surface area contributed by atoms with E-state index in [-0.39, 0.29) is 5.91 Å². The maximum absolute atomic E-state index is 12.9. The molecule has 0 aliphatic carbocycles. The molecule has 1 aromatic carbocycles. The molecule has 29 heavy (non-hydrogen) atoms. The molecule has 1 unspecified atom stereocenters. The number of aryl methyl sites for hydroxylation is 2. The zero-order chi connectivity index (χ0) is 21.2. The molecule has 1 amide bonds. The minimum absolute atomic E-state index is 0.252. The highest BCUT2D eigenvalue weighted by molar-refractivity contribution is 7.99. The Balaban J connectivity index is 1.83. The predicted octanol–water partition coefficient (Wildman–Crippen LogP) is 3.94. The number of terminal acetylenes is 1. The summed E-state index contributed by atoms with van der Waals surface area (Å²) in [6.07, 6.45) is 10.5. The summed E-state index contributed by atoms with van der Waals surface area (Å²) in [6, 6.07) is 5.60. The fourth-order valence-electron chi connectivity index (χ4n) is 3.20. The van der Waals surface area contributed by atoms with Crippen molar-refractivity contribution in [2.45, 2.75) is 38.7 Å². The molecule has 0 aliphatic rings. The Morgan fingerprint density at radius 2 is 2.07 bits per heavy atom. The number of nitrogens with one attached hydrogen (secondary N) is 1. The summed E-state index contributed by atoms with van der Waals surface area (Å²) < 4.78 is 11.0. The van der Waals surface area contributed by atoms with Crippen molar-refractivity contribution in [3.8, 4) is 18.1 Å². The SMILES string of the molecule is C#Cc1cnc2c(C)cc(OC(SC)C(=O)NC(C)(C)c3nocc3C)cc2c1. The van der Waals surface area contributed by atoms with Crippen LogP contribution in [0, 0.1) is 26.2 Å². The Kier molecular flexibility index (Phi) is 5.85. The maximum Gasteiger partial charge on any atom is 0.272 e. The van der Waals surface area contributed by atoms with Gasteiger partial charge in [0.05, 0.1) is 11.1 Å². The fourth-order valence-corrected chi connectivity index (χ4v) is 3.68. The third kappa shape index (κ3) is 4.38. The lowest BCUT2D eigenvalue weighted by molar-refractivity contribution is -0.126. The normalized spacial score (nSPS) is 12.4. The number of rotatable bonds is 6. The second kappa shape index (κ2) is 8.18. The third-order valence-electron chi connectivity index (χ3n) is 4.56. The number of carbonyl (C=O) groups is 1. The summed E-state index contributed by atoms with van der Waals surface area (Å²) in [5.41, 5.74) is 2.61. The predicted molar refractivity (Wildman–Crippen MR) is 115 cm³/mol. The molecule has 1 N–H and O–H groups in total. The first kappa shape index (κ1) is 20.7. The molecule has 0 saturated heterocycles. The van der Waals surface area contributed by atoms with Crippen LogP contribution >= 0.6 is 11.8 Å². The van der Waals surface area contributed by atoms with Crippen molar-refractivity contribution in [3.05, 3.63) is 53.0 Å². The van der Waals surface area contributed by atoms with Gasteiger partial charge >= 0.3 is 0 Å². The Morgan fingerprint density at radius 3 is 2.69 bits per heavy atom. The van der Waals surface area contributed by atoms with Crippen molar-refractivity contribution >= 4 is 28.6 Å². The number of ether oxygens (including phenoxy) is 1. The van der Waals surface area contributed by atoms with Crippen LogP contribution in [-0.4, -0.2) is 27.7 Å². The largest absolute Gasteiger partial charge is 0.470 e. The van der Waals surface area contributed by atoms with Crippen LogP contribution in [0.5, 0.6) is 5.75 Å². The van der Waals surface area contributed by atoms with E-state index in [0.717, 1.165) is 22.0 Å². The van der Waals surface area contributed by atoms with E-state index < -0.39 is 11.0 Å². The van der Waals surface area contributed by atoms with Crippen molar-refractivity contribution in [1.82, 2.24) is 15.5 Å². The second-order valence-electron chi connectivity index (χ2n) is 7.33. The smallest absolute Gasteiger partial charge is 0.272 e. The van der Waals surface area contributed by atoms with Gasteiger partial charge in [0.2, 0.25) is 5.44 Å². The van der Waals surface area contributed by atoms with E-state index in [1.807, 2.05) is 52.1 Å². The highest BCUT2D eigenvalue weighted by Gasteiger charge is 2.31. The number of pyridine rings is 1. The van der Waals surface area contributed by atoms with Crippen LogP contribution in [0.4, 0.5) is 0 Å². The molecule has 150 valence electrons. The Labute approximate surface area is 174 Å². The zero-order valence-electron chi connectivity index (χ0n) is 17.1. The van der Waals surface area contributed by atoms with Gasteiger partial charge in [-0.25, -0.2) is 0 Å². The van der Waals surface area contributed by atoms with Crippen LogP contribution in [0.25, 0.3) is 10.9 Å². The van der Waals surface area contributed by atoms with Gasteiger partial charge in [0.15, 0.2) is 0 Å². The van der Waals surface area contributed by atoms with Gasteiger partial charge in [-0.3, -0.25) is 9.78 Å².